The minimum Gasteiger partial charge on any atom is -0.481 e. The van der Waals surface area contributed by atoms with Gasteiger partial charge in [0.1, 0.15) is 4.90 Å². The standard InChI is InChI=1S/C13H19N3O4S/c1-2-15-7-11(6-14-15)21(19,20)16-8-13(9-16)4-10(5-13)3-12(17)18/h6-7,10H,2-5,8-9H2,1H3,(H,17,18). The Morgan fingerprint density at radius 3 is 2.67 bits per heavy atom. The van der Waals surface area contributed by atoms with Crippen LogP contribution >= 0.6 is 0 Å². The van der Waals surface area contributed by atoms with Gasteiger partial charge in [-0.1, -0.05) is 0 Å². The van der Waals surface area contributed by atoms with Gasteiger partial charge in [-0.3, -0.25) is 9.48 Å². The minimum absolute atomic E-state index is 0.0218. The Morgan fingerprint density at radius 1 is 1.48 bits per heavy atom. The molecule has 2 fully saturated rings. The number of rotatable bonds is 5. The van der Waals surface area contributed by atoms with Crippen molar-refractivity contribution in [1.82, 2.24) is 14.1 Å². The van der Waals surface area contributed by atoms with E-state index in [-0.39, 0.29) is 22.6 Å². The van der Waals surface area contributed by atoms with Crippen molar-refractivity contribution in [1.29, 1.82) is 0 Å². The third-order valence-corrected chi connectivity index (χ3v) is 6.25. The summed E-state index contributed by atoms with van der Waals surface area (Å²) in [5.41, 5.74) is 0.0218. The van der Waals surface area contributed by atoms with E-state index >= 15 is 0 Å². The van der Waals surface area contributed by atoms with Gasteiger partial charge in [0.2, 0.25) is 10.0 Å². The molecule has 0 unspecified atom stereocenters. The Morgan fingerprint density at radius 2 is 2.14 bits per heavy atom. The number of carbonyl (C=O) groups is 1. The molecule has 21 heavy (non-hydrogen) atoms. The third kappa shape index (κ3) is 2.46. The second-order valence-electron chi connectivity index (χ2n) is 6.18. The molecule has 1 N–H and O–H groups in total. The number of aromatic nitrogens is 2. The van der Waals surface area contributed by atoms with Gasteiger partial charge < -0.3 is 5.11 Å². The van der Waals surface area contributed by atoms with Gasteiger partial charge in [0.25, 0.3) is 0 Å². The number of sulfonamides is 1. The molecule has 0 amide bonds. The molecule has 0 bridgehead atoms. The average Bonchev–Trinajstić information content (AvgIpc) is 2.78. The fraction of sp³-hybridized carbons (Fsp3) is 0.692. The molecule has 0 aromatic carbocycles. The Hall–Kier alpha value is -1.41. The normalized spacial score (nSPS) is 22.0. The van der Waals surface area contributed by atoms with Gasteiger partial charge >= 0.3 is 5.97 Å². The highest BCUT2D eigenvalue weighted by Crippen LogP contribution is 2.54. The van der Waals surface area contributed by atoms with Crippen LogP contribution in [0.1, 0.15) is 26.2 Å². The Kier molecular flexibility index (Phi) is 3.32. The lowest BCUT2D eigenvalue weighted by Gasteiger charge is -2.58. The zero-order chi connectivity index (χ0) is 15.3. The Bertz CT molecular complexity index is 653. The molecule has 1 aromatic heterocycles. The number of carboxylic acid groups (broad SMARTS) is 1. The topological polar surface area (TPSA) is 92.5 Å². The molecule has 2 heterocycles. The third-order valence-electron chi connectivity index (χ3n) is 4.50. The summed E-state index contributed by atoms with van der Waals surface area (Å²) in [4.78, 5) is 10.9. The first-order valence-electron chi connectivity index (χ1n) is 7.09. The number of carboxylic acids is 1. The summed E-state index contributed by atoms with van der Waals surface area (Å²) in [5.74, 6) is -0.569. The Labute approximate surface area is 123 Å². The van der Waals surface area contributed by atoms with E-state index in [9.17, 15) is 13.2 Å². The molecular formula is C13H19N3O4S. The lowest BCUT2D eigenvalue weighted by Crippen LogP contribution is -2.63. The molecule has 7 nitrogen and oxygen atoms in total. The summed E-state index contributed by atoms with van der Waals surface area (Å²) in [6.07, 6.45) is 4.77. The van der Waals surface area contributed by atoms with Crippen LogP contribution in [-0.4, -0.2) is 46.7 Å². The molecule has 2 aliphatic rings. The Balaban J connectivity index is 1.60. The van der Waals surface area contributed by atoms with E-state index < -0.39 is 16.0 Å². The van der Waals surface area contributed by atoms with Crippen LogP contribution in [0.15, 0.2) is 17.3 Å². The monoisotopic (exact) mass is 313 g/mol. The molecule has 0 radical (unpaired) electrons. The zero-order valence-corrected chi connectivity index (χ0v) is 12.7. The van der Waals surface area contributed by atoms with Crippen molar-refractivity contribution in [3.63, 3.8) is 0 Å². The first-order chi connectivity index (χ1) is 9.84. The van der Waals surface area contributed by atoms with Gasteiger partial charge in [-0.05, 0) is 31.1 Å². The summed E-state index contributed by atoms with van der Waals surface area (Å²) in [6, 6.07) is 0. The second-order valence-corrected chi connectivity index (χ2v) is 8.11. The van der Waals surface area contributed by atoms with E-state index in [1.54, 1.807) is 10.9 Å². The van der Waals surface area contributed by atoms with Gasteiger partial charge in [0, 0.05) is 32.3 Å². The highest BCUT2D eigenvalue weighted by atomic mass is 32.2. The summed E-state index contributed by atoms with van der Waals surface area (Å²) in [6.45, 7) is 3.54. The van der Waals surface area contributed by atoms with E-state index in [0.717, 1.165) is 12.8 Å². The molecule has 3 rings (SSSR count). The van der Waals surface area contributed by atoms with Crippen molar-refractivity contribution in [2.75, 3.05) is 13.1 Å². The SMILES string of the molecule is CCn1cc(S(=O)(=O)N2CC3(CC(CC(=O)O)C3)C2)cn1. The first-order valence-corrected chi connectivity index (χ1v) is 8.53. The van der Waals surface area contributed by atoms with Crippen LogP contribution in [0.4, 0.5) is 0 Å². The summed E-state index contributed by atoms with van der Waals surface area (Å²) in [5, 5.41) is 12.8. The van der Waals surface area contributed by atoms with Crippen molar-refractivity contribution < 1.29 is 18.3 Å². The van der Waals surface area contributed by atoms with Crippen LogP contribution in [0.5, 0.6) is 0 Å². The molecule has 1 aliphatic heterocycles. The quantitative estimate of drug-likeness (QED) is 0.867. The van der Waals surface area contributed by atoms with Crippen molar-refractivity contribution >= 4 is 16.0 Å². The molecule has 1 aromatic rings. The fourth-order valence-electron chi connectivity index (χ4n) is 3.49. The molecule has 1 saturated heterocycles. The van der Waals surface area contributed by atoms with Crippen molar-refractivity contribution in [2.24, 2.45) is 11.3 Å². The highest BCUT2D eigenvalue weighted by molar-refractivity contribution is 7.89. The number of hydrogen-bond donors (Lipinski definition) is 1. The maximum Gasteiger partial charge on any atom is 0.303 e. The van der Waals surface area contributed by atoms with E-state index in [1.165, 1.54) is 10.5 Å². The molecule has 116 valence electrons. The van der Waals surface area contributed by atoms with Crippen molar-refractivity contribution in [3.05, 3.63) is 12.4 Å². The van der Waals surface area contributed by atoms with Gasteiger partial charge in [-0.2, -0.15) is 9.40 Å². The van der Waals surface area contributed by atoms with Crippen LogP contribution in [-0.2, 0) is 21.4 Å². The van der Waals surface area contributed by atoms with Gasteiger partial charge in [-0.25, -0.2) is 8.42 Å². The predicted octanol–water partition coefficient (Wildman–Crippen LogP) is 0.778. The molecule has 0 atom stereocenters. The highest BCUT2D eigenvalue weighted by Gasteiger charge is 2.55. The summed E-state index contributed by atoms with van der Waals surface area (Å²) >= 11 is 0. The zero-order valence-electron chi connectivity index (χ0n) is 11.9. The lowest BCUT2D eigenvalue weighted by atomic mass is 9.58. The van der Waals surface area contributed by atoms with Crippen LogP contribution < -0.4 is 0 Å². The van der Waals surface area contributed by atoms with Gasteiger partial charge in [0.05, 0.1) is 6.20 Å². The van der Waals surface area contributed by atoms with Crippen LogP contribution in [0, 0.1) is 11.3 Å². The summed E-state index contributed by atoms with van der Waals surface area (Å²) in [7, 11) is -3.45. The molecule has 1 spiro atoms. The average molecular weight is 313 g/mol. The smallest absolute Gasteiger partial charge is 0.303 e. The molecule has 1 saturated carbocycles. The fourth-order valence-corrected chi connectivity index (χ4v) is 5.11. The van der Waals surface area contributed by atoms with Gasteiger partial charge in [0.15, 0.2) is 0 Å². The largest absolute Gasteiger partial charge is 0.481 e. The van der Waals surface area contributed by atoms with E-state index in [4.69, 9.17) is 5.11 Å². The second kappa shape index (κ2) is 4.81. The number of aliphatic carboxylic acids is 1. The number of aryl methyl sites for hydroxylation is 1. The van der Waals surface area contributed by atoms with Crippen LogP contribution in [0.25, 0.3) is 0 Å². The first kappa shape index (κ1) is 14.5. The van der Waals surface area contributed by atoms with E-state index in [0.29, 0.717) is 19.6 Å². The van der Waals surface area contributed by atoms with E-state index in [2.05, 4.69) is 5.10 Å². The van der Waals surface area contributed by atoms with Gasteiger partial charge in [-0.15, -0.1) is 0 Å². The van der Waals surface area contributed by atoms with Crippen LogP contribution in [0.3, 0.4) is 0 Å². The van der Waals surface area contributed by atoms with Crippen LogP contribution in [0.2, 0.25) is 0 Å². The van der Waals surface area contributed by atoms with Crippen molar-refractivity contribution in [2.45, 2.75) is 37.6 Å². The number of hydrogen-bond acceptors (Lipinski definition) is 4. The maximum atomic E-state index is 12.4. The van der Waals surface area contributed by atoms with E-state index in [1.807, 2.05) is 6.92 Å². The lowest BCUT2D eigenvalue weighted by molar-refractivity contribution is -0.142. The minimum atomic E-state index is -3.45. The maximum absolute atomic E-state index is 12.4. The number of nitrogens with zero attached hydrogens (tertiary/aromatic N) is 3. The molecule has 1 aliphatic carbocycles. The summed E-state index contributed by atoms with van der Waals surface area (Å²) < 4.78 is 27.9. The predicted molar refractivity (Wildman–Crippen MR) is 74.1 cm³/mol. The molecule has 8 heteroatoms. The van der Waals surface area contributed by atoms with Crippen molar-refractivity contribution in [3.8, 4) is 0 Å². The molecular weight excluding hydrogens is 294 g/mol.